The van der Waals surface area contributed by atoms with Gasteiger partial charge in [-0.15, -0.1) is 0 Å². The Hall–Kier alpha value is -1.36. The molecule has 17 heavy (non-hydrogen) atoms. The van der Waals surface area contributed by atoms with Crippen molar-refractivity contribution in [3.05, 3.63) is 34.3 Å². The average Bonchev–Trinajstić information content (AvgIpc) is 2.33. The normalized spacial score (nSPS) is 19.6. The van der Waals surface area contributed by atoms with Gasteiger partial charge in [0, 0.05) is 16.6 Å². The van der Waals surface area contributed by atoms with Gasteiger partial charge in [0.05, 0.1) is 0 Å². The van der Waals surface area contributed by atoms with Gasteiger partial charge < -0.3 is 10.6 Å². The smallest absolute Gasteiger partial charge is 0.251 e. The molecule has 0 aliphatic carbocycles. The molecule has 0 saturated carbocycles. The van der Waals surface area contributed by atoms with Gasteiger partial charge in [-0.1, -0.05) is 15.9 Å². The maximum absolute atomic E-state index is 11.9. The molecule has 4 nitrogen and oxygen atoms in total. The first-order chi connectivity index (χ1) is 8.16. The largest absolute Gasteiger partial charge is 0.354 e. The summed E-state index contributed by atoms with van der Waals surface area (Å²) in [6.07, 6.45) is 1.60. The molecule has 1 fully saturated rings. The lowest BCUT2D eigenvalue weighted by Gasteiger charge is -2.22. The van der Waals surface area contributed by atoms with Gasteiger partial charge in [-0.2, -0.15) is 0 Å². The van der Waals surface area contributed by atoms with Gasteiger partial charge >= 0.3 is 0 Å². The van der Waals surface area contributed by atoms with Crippen molar-refractivity contribution in [2.24, 2.45) is 0 Å². The number of carbonyl (C=O) groups excluding carboxylic acids is 2. The van der Waals surface area contributed by atoms with Crippen molar-refractivity contribution in [2.75, 3.05) is 6.54 Å². The number of piperidine rings is 1. The maximum Gasteiger partial charge on any atom is 0.251 e. The molecule has 5 heteroatoms. The molecule has 2 N–H and O–H groups in total. The van der Waals surface area contributed by atoms with E-state index in [1.807, 2.05) is 0 Å². The van der Waals surface area contributed by atoms with Gasteiger partial charge in [0.25, 0.3) is 5.91 Å². The van der Waals surface area contributed by atoms with Gasteiger partial charge in [0.1, 0.15) is 6.04 Å². The summed E-state index contributed by atoms with van der Waals surface area (Å²) < 4.78 is 0.921. The van der Waals surface area contributed by atoms with Crippen molar-refractivity contribution in [3.8, 4) is 0 Å². The quantitative estimate of drug-likeness (QED) is 0.868. The van der Waals surface area contributed by atoms with E-state index in [0.717, 1.165) is 10.9 Å². The second kappa shape index (κ2) is 5.31. The van der Waals surface area contributed by atoms with E-state index in [9.17, 15) is 9.59 Å². The molecule has 90 valence electrons. The van der Waals surface area contributed by atoms with Crippen LogP contribution in [0.1, 0.15) is 23.2 Å². The first kappa shape index (κ1) is 12.1. The van der Waals surface area contributed by atoms with Crippen LogP contribution in [0, 0.1) is 0 Å². The molecule has 1 aromatic carbocycles. The molecule has 0 spiro atoms. The molecule has 1 aliphatic rings. The molecular weight excluding hydrogens is 284 g/mol. The Bertz CT molecular complexity index is 431. The van der Waals surface area contributed by atoms with Crippen LogP contribution in [0.25, 0.3) is 0 Å². The Kier molecular flexibility index (Phi) is 3.78. The highest BCUT2D eigenvalue weighted by atomic mass is 79.9. The summed E-state index contributed by atoms with van der Waals surface area (Å²) in [5.74, 6) is -0.304. The van der Waals surface area contributed by atoms with Gasteiger partial charge in [0.15, 0.2) is 0 Å². The molecule has 0 radical (unpaired) electrons. The molecule has 0 bridgehead atoms. The van der Waals surface area contributed by atoms with Crippen LogP contribution in [-0.2, 0) is 4.79 Å². The minimum absolute atomic E-state index is 0.0956. The maximum atomic E-state index is 11.9. The fraction of sp³-hybridized carbons (Fsp3) is 0.333. The van der Waals surface area contributed by atoms with Crippen molar-refractivity contribution in [1.29, 1.82) is 0 Å². The number of rotatable bonds is 2. The summed E-state index contributed by atoms with van der Waals surface area (Å²) in [6.45, 7) is 0.698. The number of halogens is 1. The highest BCUT2D eigenvalue weighted by molar-refractivity contribution is 9.10. The number of benzene rings is 1. The lowest BCUT2D eigenvalue weighted by Crippen LogP contribution is -2.50. The number of hydrogen-bond acceptors (Lipinski definition) is 2. The lowest BCUT2D eigenvalue weighted by atomic mass is 10.1. The summed E-state index contributed by atoms with van der Waals surface area (Å²) in [5.41, 5.74) is 0.562. The summed E-state index contributed by atoms with van der Waals surface area (Å²) in [7, 11) is 0. The molecule has 1 atom stereocenters. The molecule has 1 heterocycles. The van der Waals surface area contributed by atoms with Crippen molar-refractivity contribution in [2.45, 2.75) is 18.9 Å². The van der Waals surface area contributed by atoms with Gasteiger partial charge in [-0.25, -0.2) is 0 Å². The molecule has 0 aromatic heterocycles. The molecule has 1 saturated heterocycles. The van der Waals surface area contributed by atoms with E-state index >= 15 is 0 Å². The van der Waals surface area contributed by atoms with E-state index in [1.54, 1.807) is 24.3 Å². The molecule has 2 rings (SSSR count). The van der Waals surface area contributed by atoms with Gasteiger partial charge in [-0.3, -0.25) is 9.59 Å². The second-order valence-electron chi connectivity index (χ2n) is 3.97. The number of hydrogen-bond donors (Lipinski definition) is 2. The van der Waals surface area contributed by atoms with Gasteiger partial charge in [0.2, 0.25) is 5.91 Å². The van der Waals surface area contributed by atoms with E-state index in [4.69, 9.17) is 0 Å². The van der Waals surface area contributed by atoms with Crippen molar-refractivity contribution >= 4 is 27.7 Å². The zero-order valence-corrected chi connectivity index (χ0v) is 10.8. The molecule has 1 aliphatic heterocycles. The van der Waals surface area contributed by atoms with E-state index in [2.05, 4.69) is 26.6 Å². The Balaban J connectivity index is 2.01. The van der Waals surface area contributed by atoms with E-state index in [1.165, 1.54) is 0 Å². The van der Waals surface area contributed by atoms with Gasteiger partial charge in [-0.05, 0) is 37.1 Å². The Labute approximate surface area is 108 Å². The van der Waals surface area contributed by atoms with E-state index < -0.39 is 6.04 Å². The average molecular weight is 297 g/mol. The van der Waals surface area contributed by atoms with Crippen molar-refractivity contribution in [1.82, 2.24) is 10.6 Å². The van der Waals surface area contributed by atoms with E-state index in [0.29, 0.717) is 18.5 Å². The fourth-order valence-electron chi connectivity index (χ4n) is 1.75. The SMILES string of the molecule is O=C(N[C@H]1CCCNC1=O)c1ccc(Br)cc1. The number of amides is 2. The fourth-order valence-corrected chi connectivity index (χ4v) is 2.02. The number of nitrogens with one attached hydrogen (secondary N) is 2. The van der Waals surface area contributed by atoms with Crippen LogP contribution in [0.15, 0.2) is 28.7 Å². The second-order valence-corrected chi connectivity index (χ2v) is 4.88. The molecule has 1 aromatic rings. The predicted octanol–water partition coefficient (Wildman–Crippen LogP) is 1.46. The van der Waals surface area contributed by atoms with Crippen LogP contribution in [0.3, 0.4) is 0 Å². The van der Waals surface area contributed by atoms with Crippen LogP contribution in [0.5, 0.6) is 0 Å². The summed E-state index contributed by atoms with van der Waals surface area (Å²) in [5, 5.41) is 5.47. The van der Waals surface area contributed by atoms with Crippen molar-refractivity contribution < 1.29 is 9.59 Å². The summed E-state index contributed by atoms with van der Waals surface area (Å²) in [4.78, 5) is 23.3. The van der Waals surface area contributed by atoms with Crippen molar-refractivity contribution in [3.63, 3.8) is 0 Å². The Morgan fingerprint density at radius 2 is 2.06 bits per heavy atom. The Morgan fingerprint density at radius 3 is 2.71 bits per heavy atom. The minimum atomic E-state index is -0.403. The lowest BCUT2D eigenvalue weighted by molar-refractivity contribution is -0.124. The van der Waals surface area contributed by atoms with Crippen LogP contribution >= 0.6 is 15.9 Å². The standard InChI is InChI=1S/C12H13BrN2O2/c13-9-5-3-8(4-6-9)11(16)15-10-2-1-7-14-12(10)17/h3-6,10H,1-2,7H2,(H,14,17)(H,15,16)/t10-/m0/s1. The molecule has 0 unspecified atom stereocenters. The zero-order valence-electron chi connectivity index (χ0n) is 9.20. The number of carbonyl (C=O) groups is 2. The van der Waals surface area contributed by atoms with Crippen LogP contribution < -0.4 is 10.6 Å². The van der Waals surface area contributed by atoms with Crippen LogP contribution in [0.2, 0.25) is 0 Å². The summed E-state index contributed by atoms with van der Waals surface area (Å²) in [6, 6.07) is 6.64. The topological polar surface area (TPSA) is 58.2 Å². The van der Waals surface area contributed by atoms with Crippen LogP contribution in [0.4, 0.5) is 0 Å². The first-order valence-corrected chi connectivity index (χ1v) is 6.30. The molecular formula is C12H13BrN2O2. The third-order valence-corrected chi connectivity index (χ3v) is 3.23. The van der Waals surface area contributed by atoms with E-state index in [-0.39, 0.29) is 11.8 Å². The predicted molar refractivity (Wildman–Crippen MR) is 67.6 cm³/mol. The Morgan fingerprint density at radius 1 is 1.35 bits per heavy atom. The van der Waals surface area contributed by atoms with Crippen LogP contribution in [-0.4, -0.2) is 24.4 Å². The first-order valence-electron chi connectivity index (χ1n) is 5.51. The molecule has 2 amide bonds. The highest BCUT2D eigenvalue weighted by Gasteiger charge is 2.23. The highest BCUT2D eigenvalue weighted by Crippen LogP contribution is 2.11. The summed E-state index contributed by atoms with van der Waals surface area (Å²) >= 11 is 3.31. The third kappa shape index (κ3) is 3.06. The minimum Gasteiger partial charge on any atom is -0.354 e. The monoisotopic (exact) mass is 296 g/mol. The zero-order chi connectivity index (χ0) is 12.3. The third-order valence-electron chi connectivity index (χ3n) is 2.70.